The number of carboxylic acids is 1. The van der Waals surface area contributed by atoms with Crippen LogP contribution in [0, 0.1) is 0 Å². The maximum absolute atomic E-state index is 11.9. The predicted octanol–water partition coefficient (Wildman–Crippen LogP) is -1.78. The Bertz CT molecular complexity index is 821. The molecule has 0 saturated carbocycles. The van der Waals surface area contributed by atoms with Gasteiger partial charge in [0.05, 0.1) is 18.9 Å². The number of hydrogen-bond donors (Lipinski definition) is 1. The Hall–Kier alpha value is -1.65. The Balaban J connectivity index is 0.00000338. The van der Waals surface area contributed by atoms with E-state index >= 15 is 0 Å². The van der Waals surface area contributed by atoms with Gasteiger partial charge in [0.25, 0.3) is 0 Å². The molecule has 0 fully saturated rings. The number of aromatic carboxylic acids is 1. The Morgan fingerprint density at radius 1 is 1.12 bits per heavy atom. The second-order valence-corrected chi connectivity index (χ2v) is 4.73. The summed E-state index contributed by atoms with van der Waals surface area (Å²) >= 11 is 0. The molecule has 2 aromatic rings. The summed E-state index contributed by atoms with van der Waals surface area (Å²) in [6.07, 6.45) is 1.03. The Labute approximate surface area is 191 Å². The van der Waals surface area contributed by atoms with Crippen LogP contribution < -0.4 is 61.8 Å². The first-order chi connectivity index (χ1) is 12.0. The van der Waals surface area contributed by atoms with Gasteiger partial charge in [0.2, 0.25) is 0 Å². The second kappa shape index (κ2) is 10.5. The molecule has 1 aromatic carbocycles. The van der Waals surface area contributed by atoms with E-state index in [2.05, 4.69) is 5.32 Å². The van der Waals surface area contributed by atoms with Gasteiger partial charge >= 0.3 is 63.3 Å². The number of benzene rings is 1. The normalized spacial score (nSPS) is 9.77. The first kappa shape index (κ1) is 22.4. The number of ether oxygens (including phenoxy) is 2. The van der Waals surface area contributed by atoms with Crippen molar-refractivity contribution in [3.8, 4) is 0 Å². The van der Waals surface area contributed by atoms with Crippen LogP contribution in [0.4, 0.5) is 5.69 Å². The van der Waals surface area contributed by atoms with Crippen LogP contribution in [0.2, 0.25) is 0 Å². The van der Waals surface area contributed by atoms with Gasteiger partial charge in [-0.1, -0.05) is 12.1 Å². The molecule has 0 aliphatic rings. The summed E-state index contributed by atoms with van der Waals surface area (Å²) in [6, 6.07) is 6.56. The summed E-state index contributed by atoms with van der Waals surface area (Å²) in [5.41, 5.74) is -0.0357. The SMILES string of the molecule is CCOC(=O)C(=CNc1c(C(=O)[O-])oc2ccccc12)C(=O)OCC.[K+]. The van der Waals surface area contributed by atoms with Crippen LogP contribution in [0.3, 0.4) is 0 Å². The number of hydrogen-bond acceptors (Lipinski definition) is 8. The molecule has 0 atom stereocenters. The first-order valence-electron chi connectivity index (χ1n) is 7.53. The molecule has 0 spiro atoms. The van der Waals surface area contributed by atoms with E-state index in [9.17, 15) is 19.5 Å². The molecular formula is C17H16KNO7. The van der Waals surface area contributed by atoms with Crippen molar-refractivity contribution in [1.82, 2.24) is 0 Å². The summed E-state index contributed by atoms with van der Waals surface area (Å²) < 4.78 is 14.8. The molecule has 132 valence electrons. The van der Waals surface area contributed by atoms with Crippen molar-refractivity contribution in [3.05, 3.63) is 41.8 Å². The quantitative estimate of drug-likeness (QED) is 0.195. The van der Waals surface area contributed by atoms with Crippen molar-refractivity contribution in [2.24, 2.45) is 0 Å². The monoisotopic (exact) mass is 385 g/mol. The standard InChI is InChI=1S/C17H17NO7.K/c1-3-23-16(21)11(17(22)24-4-2)9-18-13-10-7-5-6-8-12(10)25-14(13)15(19)20;/h5-9,18H,3-4H2,1-2H3,(H,19,20);/q;+1/p-1. The molecular weight excluding hydrogens is 369 g/mol. The number of carboxylic acid groups (broad SMARTS) is 1. The summed E-state index contributed by atoms with van der Waals surface area (Å²) in [7, 11) is 0. The number of nitrogens with one attached hydrogen (secondary N) is 1. The molecule has 1 aromatic heterocycles. The maximum Gasteiger partial charge on any atom is 1.00 e. The predicted molar refractivity (Wildman–Crippen MR) is 85.5 cm³/mol. The molecule has 0 radical (unpaired) electrons. The molecule has 1 N–H and O–H groups in total. The molecule has 9 heteroatoms. The Morgan fingerprint density at radius 3 is 2.23 bits per heavy atom. The number of furan rings is 1. The van der Waals surface area contributed by atoms with Gasteiger partial charge in [0.1, 0.15) is 11.6 Å². The third-order valence-electron chi connectivity index (χ3n) is 3.13. The number of esters is 2. The van der Waals surface area contributed by atoms with Crippen molar-refractivity contribution in [3.63, 3.8) is 0 Å². The third kappa shape index (κ3) is 5.18. The molecule has 0 unspecified atom stereocenters. The van der Waals surface area contributed by atoms with Crippen LogP contribution in [0.15, 0.2) is 40.5 Å². The van der Waals surface area contributed by atoms with Crippen LogP contribution in [0.5, 0.6) is 0 Å². The summed E-state index contributed by atoms with van der Waals surface area (Å²) in [5, 5.41) is 14.3. The zero-order valence-electron chi connectivity index (χ0n) is 14.7. The van der Waals surface area contributed by atoms with Gasteiger partial charge in [-0.15, -0.1) is 0 Å². The molecule has 26 heavy (non-hydrogen) atoms. The van der Waals surface area contributed by atoms with E-state index in [0.29, 0.717) is 11.0 Å². The number of fused-ring (bicyclic) bond motifs is 1. The Morgan fingerprint density at radius 2 is 1.69 bits per heavy atom. The van der Waals surface area contributed by atoms with E-state index in [4.69, 9.17) is 13.9 Å². The van der Waals surface area contributed by atoms with E-state index in [1.165, 1.54) is 0 Å². The topological polar surface area (TPSA) is 118 Å². The van der Waals surface area contributed by atoms with E-state index in [1.54, 1.807) is 38.1 Å². The van der Waals surface area contributed by atoms with Gasteiger partial charge in [-0.05, 0) is 26.0 Å². The molecule has 0 amide bonds. The van der Waals surface area contributed by atoms with Crippen molar-refractivity contribution in [2.75, 3.05) is 18.5 Å². The third-order valence-corrected chi connectivity index (χ3v) is 3.13. The zero-order valence-corrected chi connectivity index (χ0v) is 17.8. The molecule has 0 saturated heterocycles. The number of anilines is 1. The van der Waals surface area contributed by atoms with E-state index < -0.39 is 29.2 Å². The van der Waals surface area contributed by atoms with Crippen LogP contribution >= 0.6 is 0 Å². The molecule has 2 rings (SSSR count). The first-order valence-corrected chi connectivity index (χ1v) is 7.53. The molecule has 0 aliphatic carbocycles. The van der Waals surface area contributed by atoms with Crippen molar-refractivity contribution >= 4 is 34.6 Å². The largest absolute Gasteiger partial charge is 1.00 e. The minimum Gasteiger partial charge on any atom is -0.541 e. The van der Waals surface area contributed by atoms with Gasteiger partial charge < -0.3 is 29.1 Å². The summed E-state index contributed by atoms with van der Waals surface area (Å²) in [4.78, 5) is 35.1. The van der Waals surface area contributed by atoms with Gasteiger partial charge in [-0.3, -0.25) is 0 Å². The Kier molecular flexibility index (Phi) is 9.03. The molecule has 0 bridgehead atoms. The second-order valence-electron chi connectivity index (χ2n) is 4.73. The van der Waals surface area contributed by atoms with Crippen molar-refractivity contribution < 1.29 is 84.8 Å². The van der Waals surface area contributed by atoms with Gasteiger partial charge in [-0.2, -0.15) is 0 Å². The fourth-order valence-corrected chi connectivity index (χ4v) is 2.10. The fourth-order valence-electron chi connectivity index (χ4n) is 2.10. The van der Waals surface area contributed by atoms with E-state index in [1.807, 2.05) is 0 Å². The smallest absolute Gasteiger partial charge is 0.541 e. The summed E-state index contributed by atoms with van der Waals surface area (Å²) in [5.74, 6) is -3.78. The van der Waals surface area contributed by atoms with Crippen LogP contribution in [0.25, 0.3) is 11.0 Å². The van der Waals surface area contributed by atoms with Crippen LogP contribution in [-0.2, 0) is 19.1 Å². The van der Waals surface area contributed by atoms with Gasteiger partial charge in [0.15, 0.2) is 11.3 Å². The van der Waals surface area contributed by atoms with E-state index in [0.717, 1.165) is 6.20 Å². The molecule has 0 aliphatic heterocycles. The van der Waals surface area contributed by atoms with Crippen molar-refractivity contribution in [1.29, 1.82) is 0 Å². The number of carbonyl (C=O) groups excluding carboxylic acids is 3. The maximum atomic E-state index is 11.9. The van der Waals surface area contributed by atoms with E-state index in [-0.39, 0.29) is 70.3 Å². The van der Waals surface area contributed by atoms with Gasteiger partial charge in [0, 0.05) is 11.6 Å². The number of carbonyl (C=O) groups is 3. The minimum atomic E-state index is -1.54. The minimum absolute atomic E-state index is 0. The van der Waals surface area contributed by atoms with Crippen LogP contribution in [-0.4, -0.2) is 31.1 Å². The zero-order chi connectivity index (χ0) is 18.4. The van der Waals surface area contributed by atoms with Crippen molar-refractivity contribution in [2.45, 2.75) is 13.8 Å². The molecule has 1 heterocycles. The van der Waals surface area contributed by atoms with Crippen LogP contribution in [0.1, 0.15) is 24.4 Å². The average Bonchev–Trinajstić information content (AvgIpc) is 2.95. The fraction of sp³-hybridized carbons (Fsp3) is 0.235. The molecule has 8 nitrogen and oxygen atoms in total. The average molecular weight is 385 g/mol. The summed E-state index contributed by atoms with van der Waals surface area (Å²) in [6.45, 7) is 3.31. The number of para-hydroxylation sites is 1. The number of rotatable bonds is 7. The van der Waals surface area contributed by atoms with Gasteiger partial charge in [-0.25, -0.2) is 9.59 Å².